The van der Waals surface area contributed by atoms with E-state index >= 15 is 0 Å². The standard InChI is InChI=1S/C13H18ClN3S/c1-3-7-17-13(2,10-15)6-8-18-12-5-4-11(14)9-16-12/h4-5,9,17H,3,6-8H2,1-2H3. The molecule has 1 rings (SSSR count). The zero-order valence-electron chi connectivity index (χ0n) is 10.7. The van der Waals surface area contributed by atoms with Gasteiger partial charge in [-0.3, -0.25) is 5.32 Å². The first-order valence-electron chi connectivity index (χ1n) is 6.00. The molecule has 0 saturated carbocycles. The van der Waals surface area contributed by atoms with Gasteiger partial charge in [0, 0.05) is 11.9 Å². The third-order valence-electron chi connectivity index (χ3n) is 2.56. The molecule has 0 amide bonds. The fourth-order valence-electron chi connectivity index (χ4n) is 1.39. The van der Waals surface area contributed by atoms with Crippen LogP contribution >= 0.6 is 23.4 Å². The number of nitrogens with one attached hydrogen (secondary N) is 1. The number of thioether (sulfide) groups is 1. The molecule has 18 heavy (non-hydrogen) atoms. The average Bonchev–Trinajstić information content (AvgIpc) is 2.39. The molecule has 0 aliphatic carbocycles. The Labute approximate surface area is 118 Å². The Morgan fingerprint density at radius 3 is 2.89 bits per heavy atom. The van der Waals surface area contributed by atoms with Gasteiger partial charge in [0.15, 0.2) is 0 Å². The van der Waals surface area contributed by atoms with E-state index in [0.717, 1.165) is 30.2 Å². The summed E-state index contributed by atoms with van der Waals surface area (Å²) in [6.45, 7) is 4.91. The van der Waals surface area contributed by atoms with Crippen molar-refractivity contribution in [3.63, 3.8) is 0 Å². The summed E-state index contributed by atoms with van der Waals surface area (Å²) in [5, 5.41) is 14.0. The van der Waals surface area contributed by atoms with Crippen LogP contribution in [0.3, 0.4) is 0 Å². The third kappa shape index (κ3) is 5.26. The number of hydrogen-bond donors (Lipinski definition) is 1. The number of nitrogens with zero attached hydrogens (tertiary/aromatic N) is 2. The van der Waals surface area contributed by atoms with Crippen molar-refractivity contribution < 1.29 is 0 Å². The van der Waals surface area contributed by atoms with Crippen LogP contribution < -0.4 is 5.32 Å². The van der Waals surface area contributed by atoms with Crippen LogP contribution in [0.1, 0.15) is 26.7 Å². The van der Waals surface area contributed by atoms with E-state index in [-0.39, 0.29) is 0 Å². The van der Waals surface area contributed by atoms with Crippen molar-refractivity contribution >= 4 is 23.4 Å². The van der Waals surface area contributed by atoms with Crippen molar-refractivity contribution in [1.82, 2.24) is 10.3 Å². The predicted molar refractivity (Wildman–Crippen MR) is 76.9 cm³/mol. The van der Waals surface area contributed by atoms with E-state index in [0.29, 0.717) is 5.02 Å². The van der Waals surface area contributed by atoms with Crippen molar-refractivity contribution in [1.29, 1.82) is 5.26 Å². The quantitative estimate of drug-likeness (QED) is 0.778. The number of pyridine rings is 1. The summed E-state index contributed by atoms with van der Waals surface area (Å²) in [7, 11) is 0. The van der Waals surface area contributed by atoms with Gasteiger partial charge in [-0.2, -0.15) is 5.26 Å². The Balaban J connectivity index is 2.40. The number of hydrogen-bond acceptors (Lipinski definition) is 4. The number of nitriles is 1. The summed E-state index contributed by atoms with van der Waals surface area (Å²) >= 11 is 7.42. The molecule has 0 aliphatic rings. The largest absolute Gasteiger partial charge is 0.300 e. The van der Waals surface area contributed by atoms with Crippen LogP contribution in [-0.4, -0.2) is 22.8 Å². The normalized spacial score (nSPS) is 13.9. The molecule has 1 heterocycles. The summed E-state index contributed by atoms with van der Waals surface area (Å²) in [5.41, 5.74) is -0.449. The number of rotatable bonds is 7. The van der Waals surface area contributed by atoms with Crippen LogP contribution in [0, 0.1) is 11.3 Å². The molecule has 0 saturated heterocycles. The summed E-state index contributed by atoms with van der Waals surface area (Å²) < 4.78 is 0. The highest BCUT2D eigenvalue weighted by atomic mass is 35.5. The molecule has 98 valence electrons. The first kappa shape index (κ1) is 15.3. The Bertz CT molecular complexity index is 402. The summed E-state index contributed by atoms with van der Waals surface area (Å²) in [5.74, 6) is 0.857. The van der Waals surface area contributed by atoms with Gasteiger partial charge in [0.25, 0.3) is 0 Å². The van der Waals surface area contributed by atoms with E-state index in [1.165, 1.54) is 0 Å². The molecular formula is C13H18ClN3S. The smallest absolute Gasteiger partial charge is 0.104 e. The van der Waals surface area contributed by atoms with Gasteiger partial charge in [0.2, 0.25) is 0 Å². The maximum absolute atomic E-state index is 9.19. The lowest BCUT2D eigenvalue weighted by Crippen LogP contribution is -2.41. The van der Waals surface area contributed by atoms with Crippen molar-refractivity contribution in [3.8, 4) is 6.07 Å². The van der Waals surface area contributed by atoms with Gasteiger partial charge in [0.1, 0.15) is 5.54 Å². The molecule has 3 nitrogen and oxygen atoms in total. The van der Waals surface area contributed by atoms with E-state index < -0.39 is 5.54 Å². The molecule has 1 atom stereocenters. The van der Waals surface area contributed by atoms with E-state index in [4.69, 9.17) is 11.6 Å². The zero-order chi connectivity index (χ0) is 13.4. The van der Waals surface area contributed by atoms with Gasteiger partial charge in [-0.25, -0.2) is 4.98 Å². The lowest BCUT2D eigenvalue weighted by atomic mass is 10.0. The molecule has 0 aliphatic heterocycles. The van der Waals surface area contributed by atoms with Crippen LogP contribution in [0.5, 0.6) is 0 Å². The van der Waals surface area contributed by atoms with Gasteiger partial charge in [-0.05, 0) is 38.4 Å². The van der Waals surface area contributed by atoms with Crippen molar-refractivity contribution in [2.45, 2.75) is 37.3 Å². The maximum atomic E-state index is 9.19. The SMILES string of the molecule is CCCNC(C)(C#N)CCSc1ccc(Cl)cn1. The van der Waals surface area contributed by atoms with Crippen LogP contribution in [-0.2, 0) is 0 Å². The van der Waals surface area contributed by atoms with Crippen LogP contribution in [0.25, 0.3) is 0 Å². The lowest BCUT2D eigenvalue weighted by molar-refractivity contribution is 0.437. The summed E-state index contributed by atoms with van der Waals surface area (Å²) in [4.78, 5) is 4.21. The number of aromatic nitrogens is 1. The minimum atomic E-state index is -0.449. The van der Waals surface area contributed by atoms with Gasteiger partial charge in [-0.1, -0.05) is 18.5 Å². The van der Waals surface area contributed by atoms with Crippen molar-refractivity contribution in [3.05, 3.63) is 23.4 Å². The minimum absolute atomic E-state index is 0.449. The third-order valence-corrected chi connectivity index (χ3v) is 3.73. The molecular weight excluding hydrogens is 266 g/mol. The molecule has 0 aromatic carbocycles. The molecule has 1 N–H and O–H groups in total. The van der Waals surface area contributed by atoms with Crippen molar-refractivity contribution in [2.24, 2.45) is 0 Å². The predicted octanol–water partition coefficient (Wildman–Crippen LogP) is 3.50. The number of halogens is 1. The maximum Gasteiger partial charge on any atom is 0.104 e. The Kier molecular flexibility index (Phi) is 6.48. The van der Waals surface area contributed by atoms with Crippen LogP contribution in [0.4, 0.5) is 0 Å². The Morgan fingerprint density at radius 1 is 1.56 bits per heavy atom. The second-order valence-corrected chi connectivity index (χ2v) is 5.84. The van der Waals surface area contributed by atoms with Gasteiger partial charge in [-0.15, -0.1) is 11.8 Å². The molecule has 0 fully saturated rings. The first-order valence-corrected chi connectivity index (χ1v) is 7.36. The highest BCUT2D eigenvalue weighted by molar-refractivity contribution is 7.99. The van der Waals surface area contributed by atoms with Gasteiger partial charge in [0.05, 0.1) is 16.1 Å². The van der Waals surface area contributed by atoms with E-state index in [2.05, 4.69) is 23.3 Å². The molecule has 1 unspecified atom stereocenters. The minimum Gasteiger partial charge on any atom is -0.300 e. The summed E-state index contributed by atoms with van der Waals surface area (Å²) in [6.07, 6.45) is 3.46. The highest BCUT2D eigenvalue weighted by Crippen LogP contribution is 2.21. The topological polar surface area (TPSA) is 48.7 Å². The Hall–Kier alpha value is -0.760. The second-order valence-electron chi connectivity index (χ2n) is 4.28. The van der Waals surface area contributed by atoms with E-state index in [1.807, 2.05) is 19.1 Å². The average molecular weight is 284 g/mol. The fourth-order valence-corrected chi connectivity index (χ4v) is 2.51. The lowest BCUT2D eigenvalue weighted by Gasteiger charge is -2.22. The van der Waals surface area contributed by atoms with Gasteiger partial charge < -0.3 is 0 Å². The van der Waals surface area contributed by atoms with Crippen LogP contribution in [0.2, 0.25) is 5.02 Å². The molecule has 0 spiro atoms. The van der Waals surface area contributed by atoms with Gasteiger partial charge >= 0.3 is 0 Å². The van der Waals surface area contributed by atoms with Crippen molar-refractivity contribution in [2.75, 3.05) is 12.3 Å². The van der Waals surface area contributed by atoms with E-state index in [9.17, 15) is 5.26 Å². The first-order chi connectivity index (χ1) is 8.59. The molecule has 5 heteroatoms. The summed E-state index contributed by atoms with van der Waals surface area (Å²) in [6, 6.07) is 6.07. The Morgan fingerprint density at radius 2 is 2.33 bits per heavy atom. The highest BCUT2D eigenvalue weighted by Gasteiger charge is 2.21. The molecule has 1 aromatic rings. The molecule has 1 aromatic heterocycles. The van der Waals surface area contributed by atoms with Crippen LogP contribution in [0.15, 0.2) is 23.4 Å². The zero-order valence-corrected chi connectivity index (χ0v) is 12.3. The molecule has 0 radical (unpaired) electrons. The fraction of sp³-hybridized carbons (Fsp3) is 0.538. The van der Waals surface area contributed by atoms with E-state index in [1.54, 1.807) is 18.0 Å². The second kappa shape index (κ2) is 7.63. The molecule has 0 bridgehead atoms. The monoisotopic (exact) mass is 283 g/mol.